The number of H-pyrrole nitrogens is 1. The summed E-state index contributed by atoms with van der Waals surface area (Å²) in [5, 5.41) is 2.22. The summed E-state index contributed by atoms with van der Waals surface area (Å²) < 4.78 is 7.46. The molecule has 0 amide bonds. The summed E-state index contributed by atoms with van der Waals surface area (Å²) in [6.07, 6.45) is 1.70. The number of nitrogens with one attached hydrogen (secondary N) is 1. The number of hydrogen-bond acceptors (Lipinski definition) is 2. The first kappa shape index (κ1) is 18.4. The van der Waals surface area contributed by atoms with E-state index in [1.54, 1.807) is 4.57 Å². The van der Waals surface area contributed by atoms with Gasteiger partial charge in [0.05, 0.1) is 5.52 Å². The third-order valence-corrected chi connectivity index (χ3v) is 5.09. The third-order valence-electron chi connectivity index (χ3n) is 5.09. The first-order valence-corrected chi connectivity index (χ1v) is 9.66. The van der Waals surface area contributed by atoms with E-state index < -0.39 is 5.60 Å². The maximum absolute atomic E-state index is 13.1. The first-order valence-electron chi connectivity index (χ1n) is 9.66. The Morgan fingerprint density at radius 2 is 1.86 bits per heavy atom. The molecule has 4 heteroatoms. The second-order valence-corrected chi connectivity index (χ2v) is 8.46. The molecule has 0 spiro atoms. The molecule has 144 valence electrons. The van der Waals surface area contributed by atoms with Gasteiger partial charge in [-0.2, -0.15) is 0 Å². The van der Waals surface area contributed by atoms with E-state index in [9.17, 15) is 4.79 Å². The van der Waals surface area contributed by atoms with Crippen LogP contribution in [-0.2, 0) is 4.74 Å². The number of aromatic amines is 1. The molecule has 2 aromatic carbocycles. The van der Waals surface area contributed by atoms with Crippen molar-refractivity contribution in [3.8, 4) is 0 Å². The molecule has 4 rings (SSSR count). The maximum Gasteiger partial charge on any atom is 0.419 e. The fraction of sp³-hybridized carbons (Fsp3) is 0.292. The Balaban J connectivity index is 1.90. The average Bonchev–Trinajstić information content (AvgIpc) is 3.20. The highest BCUT2D eigenvalue weighted by Crippen LogP contribution is 2.34. The van der Waals surface area contributed by atoms with Crippen molar-refractivity contribution in [1.82, 2.24) is 9.55 Å². The van der Waals surface area contributed by atoms with Crippen molar-refractivity contribution < 1.29 is 9.53 Å². The van der Waals surface area contributed by atoms with E-state index in [-0.39, 0.29) is 12.0 Å². The van der Waals surface area contributed by atoms with Gasteiger partial charge in [0, 0.05) is 34.1 Å². The van der Waals surface area contributed by atoms with Crippen molar-refractivity contribution in [2.45, 2.75) is 46.1 Å². The number of aryl methyl sites for hydroxylation is 1. The number of nitrogens with zero attached hydrogens (tertiary/aromatic N) is 1. The molecule has 0 fully saturated rings. The van der Waals surface area contributed by atoms with Crippen molar-refractivity contribution in [2.24, 2.45) is 0 Å². The predicted molar refractivity (Wildman–Crippen MR) is 114 cm³/mol. The van der Waals surface area contributed by atoms with Gasteiger partial charge in [-0.25, -0.2) is 9.36 Å². The molecule has 4 nitrogen and oxygen atoms in total. The van der Waals surface area contributed by atoms with E-state index in [1.807, 2.05) is 51.2 Å². The van der Waals surface area contributed by atoms with Gasteiger partial charge in [-0.15, -0.1) is 0 Å². The SMILES string of the molecule is Cc1ccc2c(c1)cc(C(C)c1c[nH]c3ccccc13)n2C(=O)OC(C)(C)C. The monoisotopic (exact) mass is 374 g/mol. The van der Waals surface area contributed by atoms with E-state index in [0.717, 1.165) is 22.1 Å². The van der Waals surface area contributed by atoms with Gasteiger partial charge in [-0.3, -0.25) is 0 Å². The van der Waals surface area contributed by atoms with Crippen LogP contribution in [0.15, 0.2) is 54.7 Å². The topological polar surface area (TPSA) is 47.0 Å². The number of fused-ring (bicyclic) bond motifs is 2. The van der Waals surface area contributed by atoms with Gasteiger partial charge >= 0.3 is 6.09 Å². The quantitative estimate of drug-likeness (QED) is 0.443. The lowest BCUT2D eigenvalue weighted by molar-refractivity contribution is 0.0539. The molecule has 0 aliphatic carbocycles. The van der Waals surface area contributed by atoms with Gasteiger partial charge in [0.2, 0.25) is 0 Å². The Morgan fingerprint density at radius 1 is 1.11 bits per heavy atom. The van der Waals surface area contributed by atoms with E-state index in [2.05, 4.69) is 43.1 Å². The van der Waals surface area contributed by atoms with E-state index >= 15 is 0 Å². The first-order chi connectivity index (χ1) is 13.2. The Labute approximate surface area is 165 Å². The average molecular weight is 374 g/mol. The Morgan fingerprint density at radius 3 is 2.61 bits per heavy atom. The number of ether oxygens (including phenoxy) is 1. The van der Waals surface area contributed by atoms with Crippen molar-refractivity contribution in [2.75, 3.05) is 0 Å². The molecule has 2 aromatic heterocycles. The number of carbonyl (C=O) groups excluding carboxylic acids is 1. The summed E-state index contributed by atoms with van der Waals surface area (Å²) in [4.78, 5) is 16.5. The lowest BCUT2D eigenvalue weighted by atomic mass is 9.97. The van der Waals surface area contributed by atoms with Crippen molar-refractivity contribution in [3.63, 3.8) is 0 Å². The highest BCUT2D eigenvalue weighted by Gasteiger charge is 2.26. The van der Waals surface area contributed by atoms with Crippen LogP contribution in [0.4, 0.5) is 4.79 Å². The Hall–Kier alpha value is -3.01. The molecule has 28 heavy (non-hydrogen) atoms. The summed E-state index contributed by atoms with van der Waals surface area (Å²) >= 11 is 0. The molecule has 0 aliphatic rings. The standard InChI is InChI=1S/C24H26N2O2/c1-15-10-11-21-17(12-15)13-22(26(21)23(27)28-24(3,4)5)16(2)19-14-25-20-9-7-6-8-18(19)20/h6-14,16,25H,1-5H3. The number of hydrogen-bond donors (Lipinski definition) is 1. The number of carbonyl (C=O) groups is 1. The largest absolute Gasteiger partial charge is 0.443 e. The van der Waals surface area contributed by atoms with Crippen LogP contribution in [0, 0.1) is 6.92 Å². The minimum absolute atomic E-state index is 0.0244. The van der Waals surface area contributed by atoms with Crippen LogP contribution in [0.25, 0.3) is 21.8 Å². The predicted octanol–water partition coefficient (Wildman–Crippen LogP) is 6.37. The van der Waals surface area contributed by atoms with Crippen LogP contribution in [0.3, 0.4) is 0 Å². The molecule has 2 heterocycles. The zero-order chi connectivity index (χ0) is 20.1. The summed E-state index contributed by atoms with van der Waals surface area (Å²) in [7, 11) is 0. The summed E-state index contributed by atoms with van der Waals surface area (Å²) in [6.45, 7) is 9.88. The molecule has 0 aliphatic heterocycles. The smallest absolute Gasteiger partial charge is 0.419 e. The van der Waals surface area contributed by atoms with Crippen molar-refractivity contribution in [3.05, 3.63) is 71.5 Å². The molecule has 0 bridgehead atoms. The molecular formula is C24H26N2O2. The number of para-hydroxylation sites is 1. The molecule has 0 saturated heterocycles. The molecule has 4 aromatic rings. The lowest BCUT2D eigenvalue weighted by Gasteiger charge is -2.22. The second kappa shape index (κ2) is 6.55. The van der Waals surface area contributed by atoms with Gasteiger partial charge < -0.3 is 9.72 Å². The molecular weight excluding hydrogens is 348 g/mol. The Kier molecular flexibility index (Phi) is 4.30. The van der Waals surface area contributed by atoms with Crippen molar-refractivity contribution in [1.29, 1.82) is 0 Å². The minimum Gasteiger partial charge on any atom is -0.443 e. The van der Waals surface area contributed by atoms with Crippen LogP contribution < -0.4 is 0 Å². The molecule has 1 unspecified atom stereocenters. The van der Waals surface area contributed by atoms with Gasteiger partial charge in [0.1, 0.15) is 5.60 Å². The van der Waals surface area contributed by atoms with Crippen LogP contribution in [0.2, 0.25) is 0 Å². The highest BCUT2D eigenvalue weighted by atomic mass is 16.6. The van der Waals surface area contributed by atoms with Gasteiger partial charge in [-0.1, -0.05) is 36.8 Å². The lowest BCUT2D eigenvalue weighted by Crippen LogP contribution is -2.28. The molecule has 0 radical (unpaired) electrons. The summed E-state index contributed by atoms with van der Waals surface area (Å²) in [5.41, 5.74) is 4.68. The van der Waals surface area contributed by atoms with Crippen LogP contribution in [0.1, 0.15) is 50.4 Å². The van der Waals surface area contributed by atoms with Gasteiger partial charge in [-0.05, 0) is 57.5 Å². The second-order valence-electron chi connectivity index (χ2n) is 8.46. The molecule has 1 atom stereocenters. The third kappa shape index (κ3) is 3.19. The zero-order valence-electron chi connectivity index (χ0n) is 17.0. The van der Waals surface area contributed by atoms with E-state index in [0.29, 0.717) is 0 Å². The maximum atomic E-state index is 13.1. The van der Waals surface area contributed by atoms with E-state index in [4.69, 9.17) is 4.74 Å². The minimum atomic E-state index is -0.556. The fourth-order valence-corrected chi connectivity index (χ4v) is 3.80. The normalized spacial score (nSPS) is 13.2. The van der Waals surface area contributed by atoms with Gasteiger partial charge in [0.15, 0.2) is 0 Å². The Bertz CT molecular complexity index is 1170. The molecule has 1 N–H and O–H groups in total. The van der Waals surface area contributed by atoms with Crippen LogP contribution >= 0.6 is 0 Å². The number of aromatic nitrogens is 2. The zero-order valence-corrected chi connectivity index (χ0v) is 17.0. The van der Waals surface area contributed by atoms with Crippen molar-refractivity contribution >= 4 is 27.9 Å². The summed E-state index contributed by atoms with van der Waals surface area (Å²) in [6, 6.07) is 16.5. The molecule has 0 saturated carbocycles. The van der Waals surface area contributed by atoms with Crippen LogP contribution in [-0.4, -0.2) is 21.2 Å². The highest BCUT2D eigenvalue weighted by molar-refractivity contribution is 5.92. The van der Waals surface area contributed by atoms with Crippen LogP contribution in [0.5, 0.6) is 0 Å². The fourth-order valence-electron chi connectivity index (χ4n) is 3.80. The summed E-state index contributed by atoms with van der Waals surface area (Å²) in [5.74, 6) is 0.0244. The number of rotatable bonds is 2. The van der Waals surface area contributed by atoms with Gasteiger partial charge in [0.25, 0.3) is 0 Å². The number of benzene rings is 2. The van der Waals surface area contributed by atoms with E-state index in [1.165, 1.54) is 16.5 Å².